The number of aromatic nitrogens is 1. The molecule has 0 fully saturated rings. The molecular weight excluding hydrogens is 514 g/mol. The van der Waals surface area contributed by atoms with Gasteiger partial charge in [0.15, 0.2) is 23.3 Å². The zero-order valence-corrected chi connectivity index (χ0v) is 18.3. The highest BCUT2D eigenvalue weighted by Gasteiger charge is 2.33. The number of thiazole rings is 1. The van der Waals surface area contributed by atoms with Gasteiger partial charge in [0.2, 0.25) is 0 Å². The molecule has 0 saturated carbocycles. The lowest BCUT2D eigenvalue weighted by atomic mass is 10.1. The molecule has 156 valence electrons. The maximum Gasteiger partial charge on any atom is 0.434 e. The predicted octanol–water partition coefficient (Wildman–Crippen LogP) is 4.92. The Labute approximate surface area is 180 Å². The Morgan fingerprint density at radius 1 is 1.25 bits per heavy atom. The molecule has 1 atom stereocenters. The van der Waals surface area contributed by atoms with Crippen LogP contribution in [0.3, 0.4) is 0 Å². The molecule has 1 heterocycles. The van der Waals surface area contributed by atoms with Gasteiger partial charge in [0.25, 0.3) is 0 Å². The minimum absolute atomic E-state index is 0. The maximum atomic E-state index is 13.4. The lowest BCUT2D eigenvalue weighted by Gasteiger charge is -2.18. The average molecular weight is 534 g/mol. The molecular formula is C17H20F5IN4S. The van der Waals surface area contributed by atoms with Crippen molar-refractivity contribution in [1.82, 2.24) is 15.6 Å². The molecule has 4 nitrogen and oxygen atoms in total. The molecule has 2 rings (SSSR count). The quantitative estimate of drug-likeness (QED) is 0.240. The first-order valence-electron chi connectivity index (χ1n) is 8.22. The Morgan fingerprint density at radius 2 is 1.96 bits per heavy atom. The molecule has 1 unspecified atom stereocenters. The summed E-state index contributed by atoms with van der Waals surface area (Å²) in [4.78, 5) is 7.85. The molecule has 0 bridgehead atoms. The van der Waals surface area contributed by atoms with Crippen LogP contribution in [-0.2, 0) is 12.6 Å². The fourth-order valence-electron chi connectivity index (χ4n) is 2.21. The third kappa shape index (κ3) is 7.15. The fourth-order valence-corrected chi connectivity index (χ4v) is 3.00. The Kier molecular flexibility index (Phi) is 9.54. The molecule has 1 aromatic heterocycles. The van der Waals surface area contributed by atoms with Gasteiger partial charge in [-0.3, -0.25) is 4.99 Å². The molecule has 0 aliphatic carbocycles. The number of benzene rings is 1. The van der Waals surface area contributed by atoms with Gasteiger partial charge in [-0.05, 0) is 31.5 Å². The summed E-state index contributed by atoms with van der Waals surface area (Å²) in [7, 11) is 0. The first-order chi connectivity index (χ1) is 12.7. The molecule has 1 aromatic carbocycles. The molecule has 2 aromatic rings. The Hall–Kier alpha value is -1.50. The van der Waals surface area contributed by atoms with E-state index in [-0.39, 0.29) is 43.0 Å². The highest BCUT2D eigenvalue weighted by molar-refractivity contribution is 14.0. The van der Waals surface area contributed by atoms with Crippen molar-refractivity contribution in [3.05, 3.63) is 51.5 Å². The number of guanidine groups is 1. The van der Waals surface area contributed by atoms with Crippen LogP contribution >= 0.6 is 35.3 Å². The normalized spacial score (nSPS) is 13.0. The lowest BCUT2D eigenvalue weighted by Crippen LogP contribution is -2.39. The summed E-state index contributed by atoms with van der Waals surface area (Å²) in [5.74, 6) is -1.44. The van der Waals surface area contributed by atoms with E-state index in [0.29, 0.717) is 23.1 Å². The number of hydrogen-bond donors (Lipinski definition) is 2. The summed E-state index contributed by atoms with van der Waals surface area (Å²) in [6.45, 7) is 4.41. The van der Waals surface area contributed by atoms with E-state index in [2.05, 4.69) is 20.6 Å². The molecule has 0 saturated heterocycles. The predicted molar refractivity (Wildman–Crippen MR) is 110 cm³/mol. The monoisotopic (exact) mass is 534 g/mol. The van der Waals surface area contributed by atoms with Gasteiger partial charge in [-0.1, -0.05) is 6.07 Å². The summed E-state index contributed by atoms with van der Waals surface area (Å²) < 4.78 is 64.1. The molecule has 0 aliphatic heterocycles. The van der Waals surface area contributed by atoms with Crippen molar-refractivity contribution < 1.29 is 22.0 Å². The largest absolute Gasteiger partial charge is 0.434 e. The maximum absolute atomic E-state index is 13.4. The lowest BCUT2D eigenvalue weighted by molar-refractivity contribution is -0.140. The van der Waals surface area contributed by atoms with Crippen molar-refractivity contribution >= 4 is 41.3 Å². The van der Waals surface area contributed by atoms with Gasteiger partial charge in [0, 0.05) is 24.9 Å². The van der Waals surface area contributed by atoms with Crippen molar-refractivity contribution in [2.24, 2.45) is 4.99 Å². The van der Waals surface area contributed by atoms with Crippen molar-refractivity contribution in [1.29, 1.82) is 0 Å². The Bertz CT molecular complexity index is 794. The van der Waals surface area contributed by atoms with E-state index in [1.165, 1.54) is 6.07 Å². The van der Waals surface area contributed by atoms with Gasteiger partial charge in [-0.15, -0.1) is 35.3 Å². The van der Waals surface area contributed by atoms with Gasteiger partial charge in [0.1, 0.15) is 0 Å². The molecule has 0 radical (unpaired) electrons. The van der Waals surface area contributed by atoms with Gasteiger partial charge in [0.05, 0.1) is 11.0 Å². The topological polar surface area (TPSA) is 49.3 Å². The average Bonchev–Trinajstić information content (AvgIpc) is 3.06. The number of rotatable bonds is 6. The summed E-state index contributed by atoms with van der Waals surface area (Å²) in [6, 6.07) is 3.27. The summed E-state index contributed by atoms with van der Waals surface area (Å²) in [6.07, 6.45) is -4.19. The number of nitrogens with one attached hydrogen (secondary N) is 2. The van der Waals surface area contributed by atoms with Crippen LogP contribution in [0.5, 0.6) is 0 Å². The second-order valence-electron chi connectivity index (χ2n) is 5.67. The summed E-state index contributed by atoms with van der Waals surface area (Å²) >= 11 is 0.937. The van der Waals surface area contributed by atoms with Crippen LogP contribution in [0.1, 0.15) is 36.2 Å². The second-order valence-corrected chi connectivity index (χ2v) is 6.62. The van der Waals surface area contributed by atoms with Crippen LogP contribution < -0.4 is 10.6 Å². The van der Waals surface area contributed by atoms with Crippen LogP contribution in [0.2, 0.25) is 0 Å². The van der Waals surface area contributed by atoms with E-state index >= 15 is 0 Å². The number of hydrogen-bond acceptors (Lipinski definition) is 3. The Balaban J connectivity index is 0.00000392. The van der Waals surface area contributed by atoms with Gasteiger partial charge >= 0.3 is 6.18 Å². The van der Waals surface area contributed by atoms with Crippen LogP contribution in [0.25, 0.3) is 0 Å². The molecule has 0 amide bonds. The number of alkyl halides is 3. The van der Waals surface area contributed by atoms with Gasteiger partial charge < -0.3 is 10.6 Å². The van der Waals surface area contributed by atoms with Crippen molar-refractivity contribution in [3.8, 4) is 0 Å². The zero-order valence-electron chi connectivity index (χ0n) is 15.1. The first kappa shape index (κ1) is 24.5. The van der Waals surface area contributed by atoms with Crippen LogP contribution in [0, 0.1) is 11.6 Å². The molecule has 11 heteroatoms. The van der Waals surface area contributed by atoms with Gasteiger partial charge in [-0.25, -0.2) is 13.8 Å². The molecule has 0 aliphatic rings. The smallest absolute Gasteiger partial charge is 0.357 e. The van der Waals surface area contributed by atoms with Crippen LogP contribution in [-0.4, -0.2) is 24.0 Å². The van der Waals surface area contributed by atoms with Crippen molar-refractivity contribution in [2.75, 3.05) is 13.1 Å². The molecule has 2 N–H and O–H groups in total. The van der Waals surface area contributed by atoms with Crippen molar-refractivity contribution in [3.63, 3.8) is 0 Å². The number of aliphatic imine (C=N–C) groups is 1. The second kappa shape index (κ2) is 10.9. The minimum atomic E-state index is -4.45. The van der Waals surface area contributed by atoms with E-state index in [1.807, 2.05) is 6.92 Å². The van der Waals surface area contributed by atoms with E-state index in [0.717, 1.165) is 28.8 Å². The number of halogens is 6. The Morgan fingerprint density at radius 3 is 2.54 bits per heavy atom. The van der Waals surface area contributed by atoms with E-state index in [1.54, 1.807) is 6.92 Å². The molecule has 28 heavy (non-hydrogen) atoms. The van der Waals surface area contributed by atoms with Crippen LogP contribution in [0.15, 0.2) is 28.6 Å². The van der Waals surface area contributed by atoms with Crippen molar-refractivity contribution in [2.45, 2.75) is 32.5 Å². The fraction of sp³-hybridized carbons (Fsp3) is 0.412. The highest BCUT2D eigenvalue weighted by Crippen LogP contribution is 2.30. The SMILES string of the molecule is CCNC(=NCCc1nc(C(F)(F)F)cs1)NC(C)c1ccc(F)c(F)c1.I. The highest BCUT2D eigenvalue weighted by atomic mass is 127. The third-order valence-electron chi connectivity index (χ3n) is 3.58. The first-order valence-corrected chi connectivity index (χ1v) is 9.10. The standard InChI is InChI=1S/C17H19F5N4S.HI/c1-3-23-16(25-10(2)11-4-5-12(18)13(19)8-11)24-7-6-15-26-14(9-27-15)17(20,21)22;/h4-5,8-10H,3,6-7H2,1-2H3,(H2,23,24,25);1H. The summed E-state index contributed by atoms with van der Waals surface area (Å²) in [5, 5.41) is 7.37. The zero-order chi connectivity index (χ0) is 20.0. The van der Waals surface area contributed by atoms with Crippen LogP contribution in [0.4, 0.5) is 22.0 Å². The summed E-state index contributed by atoms with van der Waals surface area (Å²) in [5.41, 5.74) is -0.363. The number of nitrogens with zero attached hydrogens (tertiary/aromatic N) is 2. The third-order valence-corrected chi connectivity index (χ3v) is 4.49. The van der Waals surface area contributed by atoms with E-state index in [4.69, 9.17) is 0 Å². The van der Waals surface area contributed by atoms with E-state index < -0.39 is 23.5 Å². The molecule has 0 spiro atoms. The minimum Gasteiger partial charge on any atom is -0.357 e. The van der Waals surface area contributed by atoms with Gasteiger partial charge in [-0.2, -0.15) is 13.2 Å². The van der Waals surface area contributed by atoms with E-state index in [9.17, 15) is 22.0 Å².